The molecule has 0 radical (unpaired) electrons. The Hall–Kier alpha value is -2.58. The van der Waals surface area contributed by atoms with Crippen LogP contribution in [0, 0.1) is 12.3 Å². The Bertz CT molecular complexity index is 922. The van der Waals surface area contributed by atoms with Crippen LogP contribution in [0.15, 0.2) is 53.0 Å². The second-order valence-corrected chi connectivity index (χ2v) is 6.59. The number of benzene rings is 2. The Morgan fingerprint density at radius 2 is 1.96 bits per heavy atom. The number of halogens is 1. The van der Waals surface area contributed by atoms with E-state index in [4.69, 9.17) is 6.42 Å². The number of para-hydroxylation sites is 2. The summed E-state index contributed by atoms with van der Waals surface area (Å²) in [7, 11) is 0. The first-order valence-electron chi connectivity index (χ1n) is 8.10. The van der Waals surface area contributed by atoms with Gasteiger partial charge in [-0.2, -0.15) is 0 Å². The van der Waals surface area contributed by atoms with Crippen LogP contribution in [0.3, 0.4) is 0 Å². The van der Waals surface area contributed by atoms with Gasteiger partial charge in [0.1, 0.15) is 5.82 Å². The van der Waals surface area contributed by atoms with Gasteiger partial charge in [0.2, 0.25) is 0 Å². The van der Waals surface area contributed by atoms with Crippen molar-refractivity contribution >= 4 is 32.9 Å². The van der Waals surface area contributed by atoms with Crippen molar-refractivity contribution in [2.75, 3.05) is 6.54 Å². The van der Waals surface area contributed by atoms with Gasteiger partial charge in [0, 0.05) is 23.0 Å². The number of amides is 1. The van der Waals surface area contributed by atoms with E-state index in [2.05, 4.69) is 36.7 Å². The zero-order chi connectivity index (χ0) is 17.6. The minimum Gasteiger partial charge on any atom is -0.352 e. The van der Waals surface area contributed by atoms with Crippen molar-refractivity contribution in [3.63, 3.8) is 0 Å². The zero-order valence-corrected chi connectivity index (χ0v) is 15.3. The summed E-state index contributed by atoms with van der Waals surface area (Å²) in [6.45, 7) is 1.09. The molecule has 126 valence electrons. The smallest absolute Gasteiger partial charge is 0.251 e. The van der Waals surface area contributed by atoms with E-state index in [-0.39, 0.29) is 5.91 Å². The molecule has 0 aliphatic rings. The average Bonchev–Trinajstić information content (AvgIpc) is 2.97. The number of fused-ring (bicyclic) bond motifs is 1. The Kier molecular flexibility index (Phi) is 5.52. The SMILES string of the molecule is C#CCn1c(CCCNC(=O)c2ccc(Br)cc2)nc2ccccc21. The second kappa shape index (κ2) is 8.00. The lowest BCUT2D eigenvalue weighted by Gasteiger charge is -2.07. The number of hydrogen-bond acceptors (Lipinski definition) is 2. The van der Waals surface area contributed by atoms with Crippen LogP contribution in [0.25, 0.3) is 11.0 Å². The molecule has 1 heterocycles. The lowest BCUT2D eigenvalue weighted by atomic mass is 10.2. The third kappa shape index (κ3) is 4.09. The van der Waals surface area contributed by atoms with Crippen LogP contribution >= 0.6 is 15.9 Å². The fourth-order valence-electron chi connectivity index (χ4n) is 2.74. The molecule has 0 spiro atoms. The Balaban J connectivity index is 1.59. The van der Waals surface area contributed by atoms with Crippen molar-refractivity contribution in [3.8, 4) is 12.3 Å². The molecule has 0 saturated carbocycles. The number of nitrogens with one attached hydrogen (secondary N) is 1. The lowest BCUT2D eigenvalue weighted by Crippen LogP contribution is -2.24. The summed E-state index contributed by atoms with van der Waals surface area (Å²) in [4.78, 5) is 16.8. The predicted octanol–water partition coefficient (Wildman–Crippen LogP) is 3.79. The molecule has 0 unspecified atom stereocenters. The van der Waals surface area contributed by atoms with Gasteiger partial charge in [-0.05, 0) is 42.8 Å². The van der Waals surface area contributed by atoms with Gasteiger partial charge in [0.25, 0.3) is 5.91 Å². The highest BCUT2D eigenvalue weighted by Crippen LogP contribution is 2.17. The quantitative estimate of drug-likeness (QED) is 0.509. The lowest BCUT2D eigenvalue weighted by molar-refractivity contribution is 0.0953. The second-order valence-electron chi connectivity index (χ2n) is 5.67. The molecule has 0 bridgehead atoms. The fraction of sp³-hybridized carbons (Fsp3) is 0.200. The maximum atomic E-state index is 12.1. The van der Waals surface area contributed by atoms with Crippen LogP contribution in [-0.4, -0.2) is 22.0 Å². The fourth-order valence-corrected chi connectivity index (χ4v) is 3.00. The normalized spacial score (nSPS) is 10.6. The van der Waals surface area contributed by atoms with E-state index >= 15 is 0 Å². The van der Waals surface area contributed by atoms with Gasteiger partial charge >= 0.3 is 0 Å². The number of imidazole rings is 1. The summed E-state index contributed by atoms with van der Waals surface area (Å²) in [5.74, 6) is 3.58. The summed E-state index contributed by atoms with van der Waals surface area (Å²) < 4.78 is 3.02. The van der Waals surface area contributed by atoms with E-state index in [1.807, 2.05) is 36.4 Å². The molecule has 0 atom stereocenters. The summed E-state index contributed by atoms with van der Waals surface area (Å²) in [6, 6.07) is 15.3. The van der Waals surface area contributed by atoms with Crippen molar-refractivity contribution in [1.82, 2.24) is 14.9 Å². The molecule has 5 heteroatoms. The van der Waals surface area contributed by atoms with E-state index in [9.17, 15) is 4.79 Å². The number of terminal acetylenes is 1. The highest BCUT2D eigenvalue weighted by Gasteiger charge is 2.10. The number of carbonyl (C=O) groups excluding carboxylic acids is 1. The van der Waals surface area contributed by atoms with Crippen LogP contribution in [0.1, 0.15) is 22.6 Å². The molecule has 3 rings (SSSR count). The van der Waals surface area contributed by atoms with Gasteiger partial charge in [-0.3, -0.25) is 4.79 Å². The largest absolute Gasteiger partial charge is 0.352 e. The summed E-state index contributed by atoms with van der Waals surface area (Å²) in [5.41, 5.74) is 2.66. The molecule has 0 aliphatic heterocycles. The first-order chi connectivity index (χ1) is 12.2. The van der Waals surface area contributed by atoms with Crippen molar-refractivity contribution < 1.29 is 4.79 Å². The van der Waals surface area contributed by atoms with Gasteiger partial charge in [-0.25, -0.2) is 4.98 Å². The number of rotatable bonds is 6. The molecular formula is C20H18BrN3O. The standard InChI is InChI=1S/C20H18BrN3O/c1-2-14-24-18-7-4-3-6-17(18)23-19(24)8-5-13-22-20(25)15-9-11-16(21)12-10-15/h1,3-4,6-7,9-12H,5,8,13-14H2,(H,22,25). The highest BCUT2D eigenvalue weighted by atomic mass is 79.9. The van der Waals surface area contributed by atoms with E-state index in [1.54, 1.807) is 12.1 Å². The van der Waals surface area contributed by atoms with E-state index in [1.165, 1.54) is 0 Å². The molecule has 0 saturated heterocycles. The number of aryl methyl sites for hydroxylation is 1. The molecule has 1 aromatic heterocycles. The van der Waals surface area contributed by atoms with Gasteiger partial charge in [0.15, 0.2) is 0 Å². The van der Waals surface area contributed by atoms with Crippen LogP contribution in [0.5, 0.6) is 0 Å². The monoisotopic (exact) mass is 395 g/mol. The molecule has 2 aromatic carbocycles. The Labute approximate surface area is 155 Å². The third-order valence-electron chi connectivity index (χ3n) is 3.95. The number of aromatic nitrogens is 2. The summed E-state index contributed by atoms with van der Waals surface area (Å²) >= 11 is 3.36. The van der Waals surface area contributed by atoms with Crippen LogP contribution < -0.4 is 5.32 Å². The van der Waals surface area contributed by atoms with E-state index in [0.29, 0.717) is 18.7 Å². The molecule has 4 nitrogen and oxygen atoms in total. The molecule has 25 heavy (non-hydrogen) atoms. The topological polar surface area (TPSA) is 46.9 Å². The predicted molar refractivity (Wildman–Crippen MR) is 103 cm³/mol. The van der Waals surface area contributed by atoms with Crippen LogP contribution in [-0.2, 0) is 13.0 Å². The zero-order valence-electron chi connectivity index (χ0n) is 13.7. The molecule has 1 amide bonds. The van der Waals surface area contributed by atoms with Gasteiger partial charge in [-0.15, -0.1) is 6.42 Å². The molecule has 3 aromatic rings. The van der Waals surface area contributed by atoms with Crippen molar-refractivity contribution in [3.05, 3.63) is 64.4 Å². The minimum absolute atomic E-state index is 0.0652. The minimum atomic E-state index is -0.0652. The molecule has 1 N–H and O–H groups in total. The van der Waals surface area contributed by atoms with Crippen LogP contribution in [0.2, 0.25) is 0 Å². The first kappa shape index (κ1) is 17.2. The first-order valence-corrected chi connectivity index (χ1v) is 8.89. The van der Waals surface area contributed by atoms with Gasteiger partial charge in [-0.1, -0.05) is 34.0 Å². The van der Waals surface area contributed by atoms with Crippen LogP contribution in [0.4, 0.5) is 0 Å². The highest BCUT2D eigenvalue weighted by molar-refractivity contribution is 9.10. The van der Waals surface area contributed by atoms with Gasteiger partial charge in [0.05, 0.1) is 17.6 Å². The average molecular weight is 396 g/mol. The molecule has 0 aliphatic carbocycles. The van der Waals surface area contributed by atoms with Crippen molar-refractivity contribution in [1.29, 1.82) is 0 Å². The third-order valence-corrected chi connectivity index (χ3v) is 4.48. The summed E-state index contributed by atoms with van der Waals surface area (Å²) in [6.07, 6.45) is 7.05. The van der Waals surface area contributed by atoms with E-state index < -0.39 is 0 Å². The number of nitrogens with zero attached hydrogens (tertiary/aromatic N) is 2. The Morgan fingerprint density at radius 3 is 2.72 bits per heavy atom. The number of carbonyl (C=O) groups is 1. The maximum absolute atomic E-state index is 12.1. The Morgan fingerprint density at radius 1 is 1.20 bits per heavy atom. The van der Waals surface area contributed by atoms with Crippen molar-refractivity contribution in [2.45, 2.75) is 19.4 Å². The summed E-state index contributed by atoms with van der Waals surface area (Å²) in [5, 5.41) is 2.94. The molecule has 0 fully saturated rings. The van der Waals surface area contributed by atoms with Crippen molar-refractivity contribution in [2.24, 2.45) is 0 Å². The van der Waals surface area contributed by atoms with E-state index in [0.717, 1.165) is 34.2 Å². The number of hydrogen-bond donors (Lipinski definition) is 1. The maximum Gasteiger partial charge on any atom is 0.251 e. The van der Waals surface area contributed by atoms with Gasteiger partial charge < -0.3 is 9.88 Å². The molecular weight excluding hydrogens is 378 g/mol.